The molecule has 2 aromatic heterocycles. The number of nitrogen functional groups attached to an aromatic ring is 1. The topological polar surface area (TPSA) is 56.7 Å². The first kappa shape index (κ1) is 9.33. The summed E-state index contributed by atoms with van der Waals surface area (Å²) >= 11 is 0. The van der Waals surface area contributed by atoms with E-state index in [1.165, 1.54) is 0 Å². The van der Waals surface area contributed by atoms with Gasteiger partial charge in [0.25, 0.3) is 0 Å². The molecule has 1 aliphatic carbocycles. The largest absolute Gasteiger partial charge is 0.382 e. The Balaban J connectivity index is 2.26. The van der Waals surface area contributed by atoms with Crippen molar-refractivity contribution in [1.29, 1.82) is 0 Å². The maximum atomic E-state index is 13.7. The van der Waals surface area contributed by atoms with Crippen LogP contribution in [0.4, 0.5) is 10.2 Å². The van der Waals surface area contributed by atoms with Crippen LogP contribution in [0.2, 0.25) is 0 Å². The van der Waals surface area contributed by atoms with Crippen molar-refractivity contribution in [3.05, 3.63) is 30.5 Å². The van der Waals surface area contributed by atoms with Gasteiger partial charge in [0, 0.05) is 0 Å². The second kappa shape index (κ2) is 3.30. The van der Waals surface area contributed by atoms with Gasteiger partial charge in [-0.25, -0.2) is 14.4 Å². The molecule has 2 aromatic rings. The van der Waals surface area contributed by atoms with Gasteiger partial charge in [-0.1, -0.05) is 12.2 Å². The van der Waals surface area contributed by atoms with Gasteiger partial charge in [-0.2, -0.15) is 0 Å². The minimum Gasteiger partial charge on any atom is -0.382 e. The van der Waals surface area contributed by atoms with E-state index in [9.17, 15) is 4.39 Å². The summed E-state index contributed by atoms with van der Waals surface area (Å²) in [5.41, 5.74) is 6.56. The molecule has 0 spiro atoms. The summed E-state index contributed by atoms with van der Waals surface area (Å²) in [7, 11) is 0. The van der Waals surface area contributed by atoms with Crippen molar-refractivity contribution in [2.75, 3.05) is 5.73 Å². The summed E-state index contributed by atoms with van der Waals surface area (Å²) in [5.74, 6) is -0.0980. The normalized spacial score (nSPS) is 19.7. The monoisotopic (exact) mass is 218 g/mol. The number of allylic oxidation sites excluding steroid dienone is 2. The minimum atomic E-state index is -0.373. The maximum absolute atomic E-state index is 13.7. The van der Waals surface area contributed by atoms with E-state index in [0.29, 0.717) is 11.0 Å². The molecule has 0 aliphatic heterocycles. The number of fused-ring (bicyclic) bond motifs is 1. The lowest BCUT2D eigenvalue weighted by Gasteiger charge is -2.11. The number of anilines is 1. The molecule has 0 saturated carbocycles. The number of aromatic nitrogens is 3. The molecular weight excluding hydrogens is 207 g/mol. The molecule has 0 aromatic carbocycles. The van der Waals surface area contributed by atoms with Crippen LogP contribution in [-0.2, 0) is 0 Å². The Labute approximate surface area is 91.6 Å². The lowest BCUT2D eigenvalue weighted by atomic mass is 10.2. The van der Waals surface area contributed by atoms with E-state index < -0.39 is 0 Å². The number of hydrogen-bond donors (Lipinski definition) is 1. The lowest BCUT2D eigenvalue weighted by molar-refractivity contribution is 0.579. The van der Waals surface area contributed by atoms with Gasteiger partial charge in [-0.3, -0.25) is 0 Å². The molecule has 5 heteroatoms. The van der Waals surface area contributed by atoms with Crippen LogP contribution < -0.4 is 5.73 Å². The number of pyridine rings is 1. The zero-order valence-corrected chi connectivity index (χ0v) is 8.60. The van der Waals surface area contributed by atoms with Crippen LogP contribution in [0.5, 0.6) is 0 Å². The first-order valence-electron chi connectivity index (χ1n) is 5.20. The first-order chi connectivity index (χ1) is 7.77. The summed E-state index contributed by atoms with van der Waals surface area (Å²) in [6, 6.07) is 0.182. The molecule has 0 radical (unpaired) electrons. The van der Waals surface area contributed by atoms with Crippen molar-refractivity contribution in [2.45, 2.75) is 18.9 Å². The highest BCUT2D eigenvalue weighted by atomic mass is 19.1. The van der Waals surface area contributed by atoms with Crippen LogP contribution in [0, 0.1) is 5.82 Å². The fraction of sp³-hybridized carbons (Fsp3) is 0.273. The van der Waals surface area contributed by atoms with E-state index in [4.69, 9.17) is 5.73 Å². The van der Waals surface area contributed by atoms with E-state index in [2.05, 4.69) is 22.1 Å². The average Bonchev–Trinajstić information content (AvgIpc) is 2.90. The summed E-state index contributed by atoms with van der Waals surface area (Å²) in [6.07, 6.45) is 8.94. The van der Waals surface area contributed by atoms with Crippen LogP contribution in [-0.4, -0.2) is 14.5 Å². The third-order valence-electron chi connectivity index (χ3n) is 2.92. The number of rotatable bonds is 1. The third-order valence-corrected chi connectivity index (χ3v) is 2.92. The van der Waals surface area contributed by atoms with E-state index in [-0.39, 0.29) is 17.7 Å². The molecule has 2 N–H and O–H groups in total. The first-order valence-corrected chi connectivity index (χ1v) is 5.20. The fourth-order valence-corrected chi connectivity index (χ4v) is 2.13. The summed E-state index contributed by atoms with van der Waals surface area (Å²) in [4.78, 5) is 7.88. The van der Waals surface area contributed by atoms with Crippen molar-refractivity contribution < 1.29 is 4.39 Å². The molecule has 1 aliphatic rings. The third kappa shape index (κ3) is 1.21. The van der Waals surface area contributed by atoms with E-state index >= 15 is 0 Å². The smallest absolute Gasteiger partial charge is 0.167 e. The van der Waals surface area contributed by atoms with Crippen LogP contribution in [0.1, 0.15) is 18.9 Å². The zero-order valence-electron chi connectivity index (χ0n) is 8.60. The molecule has 2 heterocycles. The van der Waals surface area contributed by atoms with Crippen molar-refractivity contribution in [3.8, 4) is 0 Å². The van der Waals surface area contributed by atoms with Crippen molar-refractivity contribution in [2.24, 2.45) is 0 Å². The van der Waals surface area contributed by atoms with Gasteiger partial charge < -0.3 is 10.3 Å². The highest BCUT2D eigenvalue weighted by Crippen LogP contribution is 2.29. The van der Waals surface area contributed by atoms with Crippen LogP contribution in [0.15, 0.2) is 24.7 Å². The number of imidazole rings is 1. The Bertz CT molecular complexity index is 573. The molecule has 4 nitrogen and oxygen atoms in total. The van der Waals surface area contributed by atoms with Gasteiger partial charge in [-0.05, 0) is 12.8 Å². The molecule has 1 atom stereocenters. The molecule has 16 heavy (non-hydrogen) atoms. The molecule has 0 bridgehead atoms. The molecular formula is C11H11FN4. The van der Waals surface area contributed by atoms with E-state index in [1.807, 2.05) is 4.57 Å². The van der Waals surface area contributed by atoms with Gasteiger partial charge in [0.05, 0.1) is 18.6 Å². The Morgan fingerprint density at radius 2 is 2.31 bits per heavy atom. The van der Waals surface area contributed by atoms with Crippen LogP contribution in [0.25, 0.3) is 11.0 Å². The Kier molecular flexibility index (Phi) is 1.92. The average molecular weight is 218 g/mol. The summed E-state index contributed by atoms with van der Waals surface area (Å²) in [5, 5.41) is 0. The SMILES string of the molecule is Nc1ncc(F)c2c1ncn2[C@@H]1C=CCC1. The number of nitrogens with zero attached hydrogens (tertiary/aromatic N) is 3. The van der Waals surface area contributed by atoms with Gasteiger partial charge in [0.1, 0.15) is 11.0 Å². The van der Waals surface area contributed by atoms with Gasteiger partial charge in [-0.15, -0.1) is 0 Å². The zero-order chi connectivity index (χ0) is 11.1. The minimum absolute atomic E-state index is 0.182. The van der Waals surface area contributed by atoms with Gasteiger partial charge in [0.15, 0.2) is 11.6 Å². The Morgan fingerprint density at radius 1 is 1.44 bits per heavy atom. The predicted octanol–water partition coefficient (Wildman–Crippen LogP) is 2.04. The molecule has 0 saturated heterocycles. The van der Waals surface area contributed by atoms with Crippen molar-refractivity contribution in [1.82, 2.24) is 14.5 Å². The molecule has 3 rings (SSSR count). The summed E-state index contributed by atoms with van der Waals surface area (Å²) < 4.78 is 15.5. The predicted molar refractivity (Wildman–Crippen MR) is 59.3 cm³/mol. The maximum Gasteiger partial charge on any atom is 0.167 e. The van der Waals surface area contributed by atoms with Crippen molar-refractivity contribution >= 4 is 16.9 Å². The van der Waals surface area contributed by atoms with Gasteiger partial charge >= 0.3 is 0 Å². The van der Waals surface area contributed by atoms with Crippen LogP contribution >= 0.6 is 0 Å². The van der Waals surface area contributed by atoms with E-state index in [0.717, 1.165) is 19.0 Å². The standard InChI is InChI=1S/C11H11FN4/c12-8-5-14-11(13)9-10(8)16(6-15-9)7-3-1-2-4-7/h1,3,5-7H,2,4H2,(H2,13,14)/t7-/m1/s1. The number of hydrogen-bond acceptors (Lipinski definition) is 3. The quantitative estimate of drug-likeness (QED) is 0.745. The van der Waals surface area contributed by atoms with Gasteiger partial charge in [0.2, 0.25) is 0 Å². The highest BCUT2D eigenvalue weighted by Gasteiger charge is 2.18. The Hall–Kier alpha value is -1.91. The fourth-order valence-electron chi connectivity index (χ4n) is 2.13. The lowest BCUT2D eigenvalue weighted by Crippen LogP contribution is -2.04. The Morgan fingerprint density at radius 3 is 3.06 bits per heavy atom. The van der Waals surface area contributed by atoms with E-state index in [1.54, 1.807) is 6.33 Å². The molecule has 0 amide bonds. The number of halogens is 1. The molecule has 0 unspecified atom stereocenters. The second-order valence-electron chi connectivity index (χ2n) is 3.91. The number of nitrogens with two attached hydrogens (primary N) is 1. The summed E-state index contributed by atoms with van der Waals surface area (Å²) in [6.45, 7) is 0. The van der Waals surface area contributed by atoms with Crippen molar-refractivity contribution in [3.63, 3.8) is 0 Å². The molecule has 82 valence electrons. The molecule has 0 fully saturated rings. The highest BCUT2D eigenvalue weighted by molar-refractivity contribution is 5.85. The van der Waals surface area contributed by atoms with Crippen LogP contribution in [0.3, 0.4) is 0 Å². The second-order valence-corrected chi connectivity index (χ2v) is 3.91.